The van der Waals surface area contributed by atoms with Crippen molar-refractivity contribution >= 4 is 22.8 Å². The zero-order valence-electron chi connectivity index (χ0n) is 17.1. The van der Waals surface area contributed by atoms with E-state index < -0.39 is 5.82 Å². The second-order valence-electron chi connectivity index (χ2n) is 7.85. The van der Waals surface area contributed by atoms with E-state index in [2.05, 4.69) is 37.5 Å². The molecule has 158 valence electrons. The molecule has 30 heavy (non-hydrogen) atoms. The molecular weight excluding hydrogens is 383 g/mol. The van der Waals surface area contributed by atoms with Crippen LogP contribution in [-0.2, 0) is 4.79 Å². The Morgan fingerprint density at radius 1 is 1.33 bits per heavy atom. The summed E-state index contributed by atoms with van der Waals surface area (Å²) >= 11 is 0. The van der Waals surface area contributed by atoms with Crippen LogP contribution in [0.1, 0.15) is 45.4 Å². The minimum Gasteiger partial charge on any atom is -0.363 e. The fourth-order valence-corrected chi connectivity index (χ4v) is 4.06. The lowest BCUT2D eigenvalue weighted by atomic mass is 10.1. The van der Waals surface area contributed by atoms with Gasteiger partial charge in [-0.05, 0) is 31.4 Å². The number of hydrogen-bond donors (Lipinski definition) is 3. The molecule has 3 heterocycles. The van der Waals surface area contributed by atoms with Crippen LogP contribution >= 0.6 is 0 Å². The fraction of sp³-hybridized carbons (Fsp3) is 0.455. The van der Waals surface area contributed by atoms with Gasteiger partial charge in [0.1, 0.15) is 5.65 Å². The molecule has 0 spiro atoms. The fourth-order valence-electron chi connectivity index (χ4n) is 4.06. The zero-order valence-corrected chi connectivity index (χ0v) is 17.1. The normalized spacial score (nSPS) is 15.4. The molecule has 8 heteroatoms. The van der Waals surface area contributed by atoms with E-state index in [-0.39, 0.29) is 23.7 Å². The Morgan fingerprint density at radius 3 is 2.97 bits per heavy atom. The second-order valence-corrected chi connectivity index (χ2v) is 7.85. The number of aromatic amines is 1. The first-order valence-corrected chi connectivity index (χ1v) is 10.6. The van der Waals surface area contributed by atoms with Crippen LogP contribution in [0.3, 0.4) is 0 Å². The third kappa shape index (κ3) is 4.42. The van der Waals surface area contributed by atoms with Crippen LogP contribution in [0.15, 0.2) is 30.7 Å². The molecule has 1 saturated carbocycles. The standard InChI is InChI=1S/C22H27FN6O/c1-2-6-15(11-27-22(30)14-7-3-4-8-14)28-21-18(23)13-26-20(29-21)17-12-25-19-16(17)9-5-10-24-19/h5,9-10,12-15H,2-4,6-8,11H2,1H3,(H,24,25)(H,27,30)(H,26,28,29). The van der Waals surface area contributed by atoms with Crippen molar-refractivity contribution in [2.24, 2.45) is 5.92 Å². The SMILES string of the molecule is CCCC(CNC(=O)C1CCCC1)Nc1nc(-c2c[nH]c3ncccc23)ncc1F. The van der Waals surface area contributed by atoms with Gasteiger partial charge in [0.05, 0.1) is 6.20 Å². The molecule has 0 bridgehead atoms. The number of pyridine rings is 1. The Balaban J connectivity index is 1.50. The number of amides is 1. The minimum atomic E-state index is -0.514. The quantitative estimate of drug-likeness (QED) is 0.521. The second kappa shape index (κ2) is 9.19. The summed E-state index contributed by atoms with van der Waals surface area (Å²) in [6.45, 7) is 2.51. The highest BCUT2D eigenvalue weighted by Gasteiger charge is 2.23. The number of carbonyl (C=O) groups excluding carboxylic acids is 1. The molecule has 0 aliphatic heterocycles. The van der Waals surface area contributed by atoms with E-state index in [1.807, 2.05) is 12.1 Å². The van der Waals surface area contributed by atoms with Gasteiger partial charge >= 0.3 is 0 Å². The predicted octanol–water partition coefficient (Wildman–Crippen LogP) is 4.05. The van der Waals surface area contributed by atoms with Gasteiger partial charge in [-0.25, -0.2) is 19.3 Å². The maximum absolute atomic E-state index is 14.5. The molecule has 1 aliphatic rings. The largest absolute Gasteiger partial charge is 0.363 e. The van der Waals surface area contributed by atoms with E-state index in [9.17, 15) is 9.18 Å². The van der Waals surface area contributed by atoms with E-state index in [0.29, 0.717) is 12.4 Å². The van der Waals surface area contributed by atoms with Crippen LogP contribution in [0.25, 0.3) is 22.4 Å². The molecule has 1 fully saturated rings. The number of anilines is 1. The Bertz CT molecular complexity index is 1010. The molecule has 7 nitrogen and oxygen atoms in total. The first kappa shape index (κ1) is 20.3. The van der Waals surface area contributed by atoms with Crippen molar-refractivity contribution in [2.45, 2.75) is 51.5 Å². The summed E-state index contributed by atoms with van der Waals surface area (Å²) in [4.78, 5) is 28.3. The summed E-state index contributed by atoms with van der Waals surface area (Å²) < 4.78 is 14.5. The lowest BCUT2D eigenvalue weighted by molar-refractivity contribution is -0.124. The molecule has 3 aromatic heterocycles. The minimum absolute atomic E-state index is 0.102. The molecule has 0 aromatic carbocycles. The van der Waals surface area contributed by atoms with Crippen molar-refractivity contribution < 1.29 is 9.18 Å². The number of rotatable bonds is 8. The Kier molecular flexibility index (Phi) is 6.21. The third-order valence-electron chi connectivity index (χ3n) is 5.66. The highest BCUT2D eigenvalue weighted by molar-refractivity contribution is 5.91. The van der Waals surface area contributed by atoms with E-state index in [1.54, 1.807) is 12.4 Å². The number of H-pyrrole nitrogens is 1. The number of carbonyl (C=O) groups is 1. The molecule has 1 amide bonds. The summed E-state index contributed by atoms with van der Waals surface area (Å²) in [6.07, 6.45) is 10.5. The summed E-state index contributed by atoms with van der Waals surface area (Å²) in [5.41, 5.74) is 1.50. The monoisotopic (exact) mass is 410 g/mol. The summed E-state index contributed by atoms with van der Waals surface area (Å²) in [6, 6.07) is 3.65. The van der Waals surface area contributed by atoms with Gasteiger partial charge in [-0.2, -0.15) is 0 Å². The maximum atomic E-state index is 14.5. The van der Waals surface area contributed by atoms with E-state index in [4.69, 9.17) is 0 Å². The highest BCUT2D eigenvalue weighted by atomic mass is 19.1. The van der Waals surface area contributed by atoms with Gasteiger partial charge in [0.15, 0.2) is 17.5 Å². The van der Waals surface area contributed by atoms with E-state index in [0.717, 1.165) is 55.1 Å². The average Bonchev–Trinajstić information content (AvgIpc) is 3.44. The number of aromatic nitrogens is 4. The van der Waals surface area contributed by atoms with Gasteiger partial charge in [0.2, 0.25) is 5.91 Å². The molecule has 4 rings (SSSR count). The molecule has 1 aliphatic carbocycles. The highest BCUT2D eigenvalue weighted by Crippen LogP contribution is 2.27. The topological polar surface area (TPSA) is 95.6 Å². The van der Waals surface area contributed by atoms with Gasteiger partial charge in [0.25, 0.3) is 0 Å². The molecule has 0 saturated heterocycles. The smallest absolute Gasteiger partial charge is 0.223 e. The van der Waals surface area contributed by atoms with Gasteiger partial charge < -0.3 is 15.6 Å². The number of nitrogens with zero attached hydrogens (tertiary/aromatic N) is 3. The van der Waals surface area contributed by atoms with Gasteiger partial charge in [-0.3, -0.25) is 4.79 Å². The Morgan fingerprint density at radius 2 is 2.17 bits per heavy atom. The van der Waals surface area contributed by atoms with Gasteiger partial charge in [0, 0.05) is 41.8 Å². The molecule has 3 N–H and O–H groups in total. The first-order chi connectivity index (χ1) is 14.7. The van der Waals surface area contributed by atoms with Crippen LogP contribution in [0.4, 0.5) is 10.2 Å². The van der Waals surface area contributed by atoms with Crippen molar-refractivity contribution in [3.63, 3.8) is 0 Å². The maximum Gasteiger partial charge on any atom is 0.223 e. The van der Waals surface area contributed by atoms with Gasteiger partial charge in [-0.1, -0.05) is 26.2 Å². The molecule has 0 radical (unpaired) electrons. The van der Waals surface area contributed by atoms with Crippen molar-refractivity contribution in [2.75, 3.05) is 11.9 Å². The average molecular weight is 410 g/mol. The van der Waals surface area contributed by atoms with Crippen molar-refractivity contribution in [3.8, 4) is 11.4 Å². The third-order valence-corrected chi connectivity index (χ3v) is 5.66. The molecule has 3 aromatic rings. The Labute approximate surface area is 174 Å². The number of halogens is 1. The van der Waals surface area contributed by atoms with Gasteiger partial charge in [-0.15, -0.1) is 0 Å². The van der Waals surface area contributed by atoms with Crippen LogP contribution in [0, 0.1) is 11.7 Å². The van der Waals surface area contributed by atoms with E-state index >= 15 is 0 Å². The zero-order chi connectivity index (χ0) is 20.9. The molecule has 1 unspecified atom stereocenters. The number of hydrogen-bond acceptors (Lipinski definition) is 5. The van der Waals surface area contributed by atoms with Crippen LogP contribution < -0.4 is 10.6 Å². The lowest BCUT2D eigenvalue weighted by Crippen LogP contribution is -2.39. The van der Waals surface area contributed by atoms with Crippen LogP contribution in [0.2, 0.25) is 0 Å². The number of nitrogens with one attached hydrogen (secondary N) is 3. The molecule has 1 atom stereocenters. The predicted molar refractivity (Wildman–Crippen MR) is 114 cm³/mol. The summed E-state index contributed by atoms with van der Waals surface area (Å²) in [5.74, 6) is 0.269. The van der Waals surface area contributed by atoms with Crippen LogP contribution in [0.5, 0.6) is 0 Å². The summed E-state index contributed by atoms with van der Waals surface area (Å²) in [5, 5.41) is 7.09. The Hall–Kier alpha value is -3.03. The van der Waals surface area contributed by atoms with Crippen molar-refractivity contribution in [1.82, 2.24) is 25.3 Å². The van der Waals surface area contributed by atoms with Crippen molar-refractivity contribution in [3.05, 3.63) is 36.5 Å². The lowest BCUT2D eigenvalue weighted by Gasteiger charge is -2.21. The number of fused-ring (bicyclic) bond motifs is 1. The first-order valence-electron chi connectivity index (χ1n) is 10.6. The van der Waals surface area contributed by atoms with Crippen LogP contribution in [-0.4, -0.2) is 38.4 Å². The van der Waals surface area contributed by atoms with E-state index in [1.165, 1.54) is 6.20 Å². The summed E-state index contributed by atoms with van der Waals surface area (Å²) in [7, 11) is 0. The molecular formula is C22H27FN6O. The van der Waals surface area contributed by atoms with Crippen molar-refractivity contribution in [1.29, 1.82) is 0 Å².